The van der Waals surface area contributed by atoms with Crippen molar-refractivity contribution in [1.82, 2.24) is 19.4 Å². The number of piperidine rings is 2. The molecule has 2 aliphatic heterocycles. The summed E-state index contributed by atoms with van der Waals surface area (Å²) >= 11 is 1.18. The highest BCUT2D eigenvalue weighted by atomic mass is 32.1. The fourth-order valence-corrected chi connectivity index (χ4v) is 4.63. The summed E-state index contributed by atoms with van der Waals surface area (Å²) in [6.07, 6.45) is 4.65. The van der Waals surface area contributed by atoms with E-state index in [2.05, 4.69) is 23.4 Å². The zero-order valence-electron chi connectivity index (χ0n) is 15.5. The first kappa shape index (κ1) is 18.3. The van der Waals surface area contributed by atoms with Gasteiger partial charge in [0.2, 0.25) is 5.91 Å². The Labute approximate surface area is 153 Å². The van der Waals surface area contributed by atoms with Crippen LogP contribution in [0.4, 0.5) is 0 Å². The predicted molar refractivity (Wildman–Crippen MR) is 97.5 cm³/mol. The number of hydrogen-bond donors (Lipinski definition) is 0. The van der Waals surface area contributed by atoms with Crippen molar-refractivity contribution in [3.05, 3.63) is 10.6 Å². The zero-order chi connectivity index (χ0) is 18.0. The van der Waals surface area contributed by atoms with Gasteiger partial charge < -0.3 is 9.80 Å². The van der Waals surface area contributed by atoms with Crippen molar-refractivity contribution in [2.45, 2.75) is 52.9 Å². The van der Waals surface area contributed by atoms with Crippen molar-refractivity contribution >= 4 is 23.3 Å². The van der Waals surface area contributed by atoms with Gasteiger partial charge in [-0.05, 0) is 50.1 Å². The first-order valence-electron chi connectivity index (χ1n) is 9.26. The minimum atomic E-state index is 0.0530. The number of amides is 2. The standard InChI is InChI=1S/C18H28N4O2S/c1-13(2)6-10-21-11-18(8-5-15(21)23)7-4-9-22(12-18)17(24)16-14(3)19-20-25-16/h13H,4-12H2,1-3H3/t18-/m0/s1. The number of nitrogens with zero attached hydrogens (tertiary/aromatic N) is 4. The molecule has 2 aliphatic rings. The van der Waals surface area contributed by atoms with E-state index in [0.717, 1.165) is 51.9 Å². The topological polar surface area (TPSA) is 66.4 Å². The van der Waals surface area contributed by atoms with E-state index >= 15 is 0 Å². The number of carbonyl (C=O) groups is 2. The summed E-state index contributed by atoms with van der Waals surface area (Å²) in [5.74, 6) is 0.923. The Kier molecular flexibility index (Phi) is 5.41. The van der Waals surface area contributed by atoms with E-state index in [1.165, 1.54) is 11.5 Å². The molecule has 6 nitrogen and oxygen atoms in total. The molecule has 1 spiro atoms. The zero-order valence-corrected chi connectivity index (χ0v) is 16.3. The highest BCUT2D eigenvalue weighted by Gasteiger charge is 2.43. The molecule has 25 heavy (non-hydrogen) atoms. The molecule has 0 unspecified atom stereocenters. The van der Waals surface area contributed by atoms with Crippen molar-refractivity contribution in [3.63, 3.8) is 0 Å². The van der Waals surface area contributed by atoms with E-state index in [1.54, 1.807) is 0 Å². The van der Waals surface area contributed by atoms with E-state index < -0.39 is 0 Å². The normalized spacial score (nSPS) is 24.4. The van der Waals surface area contributed by atoms with Crippen LogP contribution in [0.15, 0.2) is 0 Å². The van der Waals surface area contributed by atoms with E-state index in [1.807, 2.05) is 16.7 Å². The Morgan fingerprint density at radius 3 is 2.80 bits per heavy atom. The van der Waals surface area contributed by atoms with Crippen LogP contribution in [0.3, 0.4) is 0 Å². The number of carbonyl (C=O) groups excluding carboxylic acids is 2. The molecule has 3 heterocycles. The molecule has 2 saturated heterocycles. The van der Waals surface area contributed by atoms with Gasteiger partial charge in [0, 0.05) is 38.0 Å². The maximum absolute atomic E-state index is 12.8. The summed E-state index contributed by atoms with van der Waals surface area (Å²) < 4.78 is 3.90. The van der Waals surface area contributed by atoms with Crippen molar-refractivity contribution in [2.24, 2.45) is 11.3 Å². The molecule has 0 saturated carbocycles. The molecule has 2 amide bonds. The number of hydrogen-bond acceptors (Lipinski definition) is 5. The summed E-state index contributed by atoms with van der Waals surface area (Å²) in [6.45, 7) is 9.38. The molecule has 0 aliphatic carbocycles. The Morgan fingerprint density at radius 2 is 2.12 bits per heavy atom. The molecule has 1 aromatic rings. The van der Waals surface area contributed by atoms with E-state index in [9.17, 15) is 9.59 Å². The van der Waals surface area contributed by atoms with Gasteiger partial charge in [-0.2, -0.15) is 0 Å². The Morgan fingerprint density at radius 1 is 1.32 bits per heavy atom. The second-order valence-corrected chi connectivity index (χ2v) is 8.77. The second-order valence-electron chi connectivity index (χ2n) is 8.02. The number of rotatable bonds is 4. The smallest absolute Gasteiger partial charge is 0.267 e. The van der Waals surface area contributed by atoms with Crippen LogP contribution >= 0.6 is 11.5 Å². The lowest BCUT2D eigenvalue weighted by Crippen LogP contribution is -2.55. The molecule has 0 radical (unpaired) electrons. The van der Waals surface area contributed by atoms with E-state index in [0.29, 0.717) is 22.9 Å². The maximum Gasteiger partial charge on any atom is 0.267 e. The van der Waals surface area contributed by atoms with Gasteiger partial charge in [-0.3, -0.25) is 9.59 Å². The minimum Gasteiger partial charge on any atom is -0.342 e. The van der Waals surface area contributed by atoms with E-state index in [-0.39, 0.29) is 17.2 Å². The highest BCUT2D eigenvalue weighted by molar-refractivity contribution is 7.07. The molecule has 138 valence electrons. The predicted octanol–water partition coefficient (Wildman–Crippen LogP) is 2.74. The number of likely N-dealkylation sites (tertiary alicyclic amines) is 2. The molecule has 1 atom stereocenters. The molecular formula is C18H28N4O2S. The van der Waals surface area contributed by atoms with Gasteiger partial charge in [0.25, 0.3) is 5.91 Å². The van der Waals surface area contributed by atoms with Gasteiger partial charge in [0.15, 0.2) is 0 Å². The van der Waals surface area contributed by atoms with Crippen LogP contribution in [-0.2, 0) is 4.79 Å². The van der Waals surface area contributed by atoms with Crippen molar-refractivity contribution in [2.75, 3.05) is 26.2 Å². The van der Waals surface area contributed by atoms with Crippen molar-refractivity contribution in [3.8, 4) is 0 Å². The lowest BCUT2D eigenvalue weighted by Gasteiger charge is -2.48. The summed E-state index contributed by atoms with van der Waals surface area (Å²) in [5.41, 5.74) is 0.775. The summed E-state index contributed by atoms with van der Waals surface area (Å²) in [5, 5.41) is 3.97. The lowest BCUT2D eigenvalue weighted by molar-refractivity contribution is -0.139. The molecule has 7 heteroatoms. The van der Waals surface area contributed by atoms with Gasteiger partial charge in [0.05, 0.1) is 5.69 Å². The first-order valence-corrected chi connectivity index (χ1v) is 10.0. The van der Waals surface area contributed by atoms with Gasteiger partial charge in [-0.1, -0.05) is 18.3 Å². The second kappa shape index (κ2) is 7.40. The molecule has 1 aromatic heterocycles. The molecule has 3 rings (SSSR count). The molecule has 2 fully saturated rings. The van der Waals surface area contributed by atoms with Crippen LogP contribution in [0, 0.1) is 18.3 Å². The van der Waals surface area contributed by atoms with Crippen LogP contribution in [-0.4, -0.2) is 57.4 Å². The average Bonchev–Trinajstić information content (AvgIpc) is 3.01. The third-order valence-corrected chi connectivity index (χ3v) is 6.33. The van der Waals surface area contributed by atoms with Crippen molar-refractivity contribution in [1.29, 1.82) is 0 Å². The molecular weight excluding hydrogens is 336 g/mol. The fourth-order valence-electron chi connectivity index (χ4n) is 4.01. The highest BCUT2D eigenvalue weighted by Crippen LogP contribution is 2.39. The SMILES string of the molecule is Cc1nnsc1C(=O)N1CCC[C@@]2(CCC(=O)N(CCC(C)C)C2)C1. The molecule has 0 N–H and O–H groups in total. The van der Waals surface area contributed by atoms with Crippen LogP contribution < -0.4 is 0 Å². The maximum atomic E-state index is 12.8. The number of aromatic nitrogens is 2. The quantitative estimate of drug-likeness (QED) is 0.824. The van der Waals surface area contributed by atoms with Crippen molar-refractivity contribution < 1.29 is 9.59 Å². The molecule has 0 aromatic carbocycles. The summed E-state index contributed by atoms with van der Waals surface area (Å²) in [4.78, 5) is 29.8. The van der Waals surface area contributed by atoms with Crippen LogP contribution in [0.2, 0.25) is 0 Å². The lowest BCUT2D eigenvalue weighted by atomic mass is 9.73. The monoisotopic (exact) mass is 364 g/mol. The van der Waals surface area contributed by atoms with Gasteiger partial charge in [0.1, 0.15) is 4.88 Å². The summed E-state index contributed by atoms with van der Waals surface area (Å²) in [6, 6.07) is 0. The third kappa shape index (κ3) is 4.02. The van der Waals surface area contributed by atoms with Gasteiger partial charge in [-0.15, -0.1) is 5.10 Å². The fraction of sp³-hybridized carbons (Fsp3) is 0.778. The third-order valence-electron chi connectivity index (χ3n) is 5.52. The van der Waals surface area contributed by atoms with Crippen LogP contribution in [0.5, 0.6) is 0 Å². The Balaban J connectivity index is 1.70. The Bertz CT molecular complexity index is 645. The largest absolute Gasteiger partial charge is 0.342 e. The average molecular weight is 365 g/mol. The molecule has 0 bridgehead atoms. The Hall–Kier alpha value is -1.50. The summed E-state index contributed by atoms with van der Waals surface area (Å²) in [7, 11) is 0. The first-order chi connectivity index (χ1) is 11.9. The van der Waals surface area contributed by atoms with Gasteiger partial charge >= 0.3 is 0 Å². The minimum absolute atomic E-state index is 0.0530. The van der Waals surface area contributed by atoms with Gasteiger partial charge in [-0.25, -0.2) is 0 Å². The van der Waals surface area contributed by atoms with Crippen LogP contribution in [0.1, 0.15) is 61.3 Å². The van der Waals surface area contributed by atoms with Crippen LogP contribution in [0.25, 0.3) is 0 Å². The van der Waals surface area contributed by atoms with E-state index in [4.69, 9.17) is 0 Å². The number of aryl methyl sites for hydroxylation is 1.